The van der Waals surface area contributed by atoms with Crippen LogP contribution in [0.25, 0.3) is 0 Å². The molecule has 0 aliphatic carbocycles. The van der Waals surface area contributed by atoms with Crippen molar-refractivity contribution in [2.45, 2.75) is 6.92 Å². The molecule has 0 bridgehead atoms. The largest absolute Gasteiger partial charge is 0.493 e. The third-order valence-electron chi connectivity index (χ3n) is 1.75. The third-order valence-corrected chi connectivity index (χ3v) is 1.75. The van der Waals surface area contributed by atoms with Crippen LogP contribution in [-0.4, -0.2) is 19.4 Å². The molecule has 5 nitrogen and oxygen atoms in total. The number of carbonyl (C=O) groups is 2. The number of carbonyl (C=O) groups excluding carboxylic acids is 2. The van der Waals surface area contributed by atoms with Crippen molar-refractivity contribution in [1.29, 1.82) is 0 Å². The first-order chi connectivity index (χ1) is 7.08. The summed E-state index contributed by atoms with van der Waals surface area (Å²) in [7, 11) is 1.42. The van der Waals surface area contributed by atoms with Crippen molar-refractivity contribution >= 4 is 17.9 Å². The Kier molecular flexibility index (Phi) is 3.28. The van der Waals surface area contributed by atoms with Crippen molar-refractivity contribution in [3.8, 4) is 11.5 Å². The fraction of sp³-hybridized carbons (Fsp3) is 0.200. The Hall–Kier alpha value is -2.04. The number of nitrogens with two attached hydrogens (primary N) is 1. The van der Waals surface area contributed by atoms with E-state index in [-0.39, 0.29) is 17.0 Å². The van der Waals surface area contributed by atoms with E-state index in [2.05, 4.69) is 0 Å². The summed E-state index contributed by atoms with van der Waals surface area (Å²) in [5.41, 5.74) is 6.09. The molecule has 0 spiro atoms. The van der Waals surface area contributed by atoms with Crippen LogP contribution in [-0.2, 0) is 4.79 Å². The van der Waals surface area contributed by atoms with Crippen LogP contribution in [0, 0.1) is 0 Å². The van der Waals surface area contributed by atoms with Crippen molar-refractivity contribution < 1.29 is 19.1 Å². The number of nitrogen functional groups attached to an aromatic ring is 1. The van der Waals surface area contributed by atoms with Crippen LogP contribution in [0.4, 0.5) is 5.69 Å². The lowest BCUT2D eigenvalue weighted by molar-refractivity contribution is -0.132. The highest BCUT2D eigenvalue weighted by molar-refractivity contribution is 5.85. The average molecular weight is 209 g/mol. The molecule has 0 heterocycles. The quantitative estimate of drug-likeness (QED) is 0.348. The van der Waals surface area contributed by atoms with Gasteiger partial charge in [0, 0.05) is 24.2 Å². The molecule has 5 heteroatoms. The van der Waals surface area contributed by atoms with Gasteiger partial charge in [-0.1, -0.05) is 0 Å². The zero-order valence-corrected chi connectivity index (χ0v) is 8.44. The molecule has 0 aliphatic heterocycles. The highest BCUT2D eigenvalue weighted by Crippen LogP contribution is 2.31. The van der Waals surface area contributed by atoms with Gasteiger partial charge in [-0.2, -0.15) is 0 Å². The normalized spacial score (nSPS) is 9.47. The minimum Gasteiger partial charge on any atom is -0.493 e. The van der Waals surface area contributed by atoms with Crippen molar-refractivity contribution in [3.05, 3.63) is 17.7 Å². The van der Waals surface area contributed by atoms with Crippen molar-refractivity contribution in [1.82, 2.24) is 0 Å². The van der Waals surface area contributed by atoms with E-state index in [0.717, 1.165) is 0 Å². The van der Waals surface area contributed by atoms with Gasteiger partial charge in [0.05, 0.1) is 7.11 Å². The Balaban J connectivity index is 3.21. The minimum absolute atomic E-state index is 0.182. The fourth-order valence-corrected chi connectivity index (χ4v) is 1.09. The van der Waals surface area contributed by atoms with Crippen LogP contribution in [0.1, 0.15) is 17.3 Å². The molecule has 0 saturated heterocycles. The Morgan fingerprint density at radius 2 is 2.07 bits per heavy atom. The van der Waals surface area contributed by atoms with Crippen LogP contribution in [0.3, 0.4) is 0 Å². The molecular weight excluding hydrogens is 198 g/mol. The molecule has 0 amide bonds. The van der Waals surface area contributed by atoms with Gasteiger partial charge in [0.15, 0.2) is 17.8 Å². The van der Waals surface area contributed by atoms with E-state index in [1.165, 1.54) is 26.2 Å². The lowest BCUT2D eigenvalue weighted by Gasteiger charge is -2.09. The number of anilines is 1. The second-order valence-electron chi connectivity index (χ2n) is 2.84. The molecule has 0 aromatic heterocycles. The maximum atomic E-state index is 10.8. The average Bonchev–Trinajstić information content (AvgIpc) is 2.19. The molecule has 0 unspecified atom stereocenters. The SMILES string of the molecule is COc1cc(N)c(C=O)cc1OC(C)=O. The maximum Gasteiger partial charge on any atom is 0.308 e. The molecule has 0 saturated carbocycles. The van der Waals surface area contributed by atoms with Gasteiger partial charge in [-0.3, -0.25) is 9.59 Å². The monoisotopic (exact) mass is 209 g/mol. The summed E-state index contributed by atoms with van der Waals surface area (Å²) >= 11 is 0. The van der Waals surface area contributed by atoms with E-state index in [9.17, 15) is 9.59 Å². The summed E-state index contributed by atoms with van der Waals surface area (Å²) in [5, 5.41) is 0. The highest BCUT2D eigenvalue weighted by atomic mass is 16.6. The second kappa shape index (κ2) is 4.45. The van der Waals surface area contributed by atoms with Crippen molar-refractivity contribution in [2.24, 2.45) is 0 Å². The number of aldehydes is 1. The first-order valence-electron chi connectivity index (χ1n) is 4.19. The molecule has 0 radical (unpaired) electrons. The maximum absolute atomic E-state index is 10.8. The molecule has 2 N–H and O–H groups in total. The van der Waals surface area contributed by atoms with E-state index >= 15 is 0 Å². The number of hydrogen-bond acceptors (Lipinski definition) is 5. The Morgan fingerprint density at radius 1 is 1.40 bits per heavy atom. The number of rotatable bonds is 3. The standard InChI is InChI=1S/C10H11NO4/c1-6(13)15-10-3-7(5-12)8(11)4-9(10)14-2/h3-5H,11H2,1-2H3. The van der Waals surface area contributed by atoms with Crippen molar-refractivity contribution in [3.63, 3.8) is 0 Å². The van der Waals surface area contributed by atoms with Crippen LogP contribution in [0.2, 0.25) is 0 Å². The zero-order valence-electron chi connectivity index (χ0n) is 8.44. The topological polar surface area (TPSA) is 78.6 Å². The minimum atomic E-state index is -0.491. The molecule has 0 aliphatic rings. The fourth-order valence-electron chi connectivity index (χ4n) is 1.09. The molecular formula is C10H11NO4. The number of methoxy groups -OCH3 is 1. The van der Waals surface area contributed by atoms with Crippen LogP contribution in [0.15, 0.2) is 12.1 Å². The van der Waals surface area contributed by atoms with E-state index in [4.69, 9.17) is 15.2 Å². The molecule has 1 rings (SSSR count). The molecule has 0 fully saturated rings. The molecule has 0 atom stereocenters. The van der Waals surface area contributed by atoms with Gasteiger partial charge in [0.1, 0.15) is 0 Å². The summed E-state index contributed by atoms with van der Waals surface area (Å²) < 4.78 is 9.81. The van der Waals surface area contributed by atoms with Gasteiger partial charge in [0.2, 0.25) is 0 Å². The molecule has 15 heavy (non-hydrogen) atoms. The van der Waals surface area contributed by atoms with E-state index in [1.807, 2.05) is 0 Å². The molecule has 1 aromatic rings. The lowest BCUT2D eigenvalue weighted by Crippen LogP contribution is -2.05. The van der Waals surface area contributed by atoms with Crippen LogP contribution < -0.4 is 15.2 Å². The predicted octanol–water partition coefficient (Wildman–Crippen LogP) is 1.02. The van der Waals surface area contributed by atoms with Gasteiger partial charge >= 0.3 is 5.97 Å². The van der Waals surface area contributed by atoms with E-state index in [0.29, 0.717) is 12.0 Å². The summed E-state index contributed by atoms with van der Waals surface area (Å²) in [6, 6.07) is 2.80. The predicted molar refractivity (Wildman–Crippen MR) is 54.1 cm³/mol. The second-order valence-corrected chi connectivity index (χ2v) is 2.84. The first kappa shape index (κ1) is 11.0. The summed E-state index contributed by atoms with van der Waals surface area (Å²) in [4.78, 5) is 21.4. The van der Waals surface area contributed by atoms with Gasteiger partial charge in [-0.25, -0.2) is 0 Å². The number of benzene rings is 1. The van der Waals surface area contributed by atoms with Gasteiger partial charge in [-0.05, 0) is 6.07 Å². The summed E-state index contributed by atoms with van der Waals surface area (Å²) in [5.74, 6) is 0.00419. The summed E-state index contributed by atoms with van der Waals surface area (Å²) in [6.07, 6.45) is 0.585. The summed E-state index contributed by atoms with van der Waals surface area (Å²) in [6.45, 7) is 1.26. The van der Waals surface area contributed by atoms with Crippen molar-refractivity contribution in [2.75, 3.05) is 12.8 Å². The van der Waals surface area contributed by atoms with E-state index in [1.54, 1.807) is 0 Å². The van der Waals surface area contributed by atoms with Crippen LogP contribution >= 0.6 is 0 Å². The molecule has 80 valence electrons. The zero-order chi connectivity index (χ0) is 11.4. The van der Waals surface area contributed by atoms with Gasteiger partial charge < -0.3 is 15.2 Å². The van der Waals surface area contributed by atoms with Gasteiger partial charge in [0.25, 0.3) is 0 Å². The highest BCUT2D eigenvalue weighted by Gasteiger charge is 2.10. The number of ether oxygens (including phenoxy) is 2. The smallest absolute Gasteiger partial charge is 0.308 e. The third kappa shape index (κ3) is 2.46. The van der Waals surface area contributed by atoms with Crippen LogP contribution in [0.5, 0.6) is 11.5 Å². The number of hydrogen-bond donors (Lipinski definition) is 1. The molecule has 1 aromatic carbocycles. The Morgan fingerprint density at radius 3 is 2.53 bits per heavy atom. The first-order valence-corrected chi connectivity index (χ1v) is 4.19. The van der Waals surface area contributed by atoms with Gasteiger partial charge in [-0.15, -0.1) is 0 Å². The van der Waals surface area contributed by atoms with E-state index < -0.39 is 5.97 Å². The number of esters is 1. The Labute approximate surface area is 86.8 Å². The lowest BCUT2D eigenvalue weighted by atomic mass is 10.2. The Bertz CT molecular complexity index is 401.